The van der Waals surface area contributed by atoms with Crippen LogP contribution in [0.5, 0.6) is 0 Å². The zero-order valence-electron chi connectivity index (χ0n) is 16.4. The van der Waals surface area contributed by atoms with E-state index in [0.717, 1.165) is 11.1 Å². The van der Waals surface area contributed by atoms with Crippen LogP contribution in [0, 0.1) is 0 Å². The van der Waals surface area contributed by atoms with Gasteiger partial charge in [-0.3, -0.25) is 9.78 Å². The topological polar surface area (TPSA) is 68.3 Å². The van der Waals surface area contributed by atoms with Gasteiger partial charge in [0.05, 0.1) is 11.3 Å². The first-order valence-corrected chi connectivity index (χ1v) is 9.46. The van der Waals surface area contributed by atoms with Gasteiger partial charge in [-0.05, 0) is 56.2 Å². The van der Waals surface area contributed by atoms with Gasteiger partial charge < -0.3 is 10.1 Å². The van der Waals surface area contributed by atoms with Crippen molar-refractivity contribution in [3.05, 3.63) is 83.1 Å². The van der Waals surface area contributed by atoms with Crippen LogP contribution in [0.2, 0.25) is 5.02 Å². The first kappa shape index (κ1) is 20.6. The Morgan fingerprint density at radius 1 is 0.966 bits per heavy atom. The highest BCUT2D eigenvalue weighted by atomic mass is 35.5. The average molecular weight is 409 g/mol. The van der Waals surface area contributed by atoms with E-state index >= 15 is 0 Å². The van der Waals surface area contributed by atoms with E-state index in [9.17, 15) is 9.59 Å². The fourth-order valence-corrected chi connectivity index (χ4v) is 2.84. The highest BCUT2D eigenvalue weighted by Gasteiger charge is 2.22. The zero-order valence-corrected chi connectivity index (χ0v) is 17.2. The van der Waals surface area contributed by atoms with Crippen molar-refractivity contribution < 1.29 is 14.3 Å². The quantitative estimate of drug-likeness (QED) is 0.569. The Kier molecular flexibility index (Phi) is 5.99. The Hall–Kier alpha value is -3.18. The Bertz CT molecular complexity index is 1040. The molecular weight excluding hydrogens is 388 g/mol. The normalized spacial score (nSPS) is 11.0. The summed E-state index contributed by atoms with van der Waals surface area (Å²) in [7, 11) is 0. The summed E-state index contributed by atoms with van der Waals surface area (Å²) in [6.07, 6.45) is 1.45. The molecule has 0 aliphatic heterocycles. The minimum atomic E-state index is -0.662. The van der Waals surface area contributed by atoms with E-state index < -0.39 is 17.5 Å². The highest BCUT2D eigenvalue weighted by Crippen LogP contribution is 2.28. The van der Waals surface area contributed by atoms with Crippen LogP contribution >= 0.6 is 11.6 Å². The summed E-state index contributed by atoms with van der Waals surface area (Å²) in [6, 6.07) is 17.9. The molecular formula is C23H21ClN2O3. The van der Waals surface area contributed by atoms with E-state index in [4.69, 9.17) is 16.3 Å². The monoisotopic (exact) mass is 408 g/mol. The van der Waals surface area contributed by atoms with Crippen molar-refractivity contribution in [3.8, 4) is 11.1 Å². The van der Waals surface area contributed by atoms with Gasteiger partial charge in [0.15, 0.2) is 0 Å². The highest BCUT2D eigenvalue weighted by molar-refractivity contribution is 6.31. The van der Waals surface area contributed by atoms with Crippen LogP contribution in [-0.4, -0.2) is 22.5 Å². The van der Waals surface area contributed by atoms with Gasteiger partial charge in [-0.25, -0.2) is 4.79 Å². The molecule has 0 radical (unpaired) electrons. The predicted octanol–water partition coefficient (Wildman–Crippen LogP) is 5.61. The summed E-state index contributed by atoms with van der Waals surface area (Å²) in [6.45, 7) is 5.37. The molecule has 0 spiro atoms. The number of anilines is 1. The molecule has 0 fully saturated rings. The maximum atomic E-state index is 12.7. The molecule has 1 N–H and O–H groups in total. The molecule has 0 unspecified atom stereocenters. The van der Waals surface area contributed by atoms with Crippen LogP contribution < -0.4 is 5.32 Å². The summed E-state index contributed by atoms with van der Waals surface area (Å²) >= 11 is 5.96. The van der Waals surface area contributed by atoms with Crippen molar-refractivity contribution in [2.45, 2.75) is 26.4 Å². The van der Waals surface area contributed by atoms with Crippen LogP contribution in [0.4, 0.5) is 5.69 Å². The molecule has 0 atom stereocenters. The smallest absolute Gasteiger partial charge is 0.340 e. The van der Waals surface area contributed by atoms with Crippen molar-refractivity contribution >= 4 is 29.2 Å². The number of pyridine rings is 1. The third kappa shape index (κ3) is 5.42. The molecule has 148 valence electrons. The van der Waals surface area contributed by atoms with Gasteiger partial charge in [-0.15, -0.1) is 0 Å². The third-order valence-electron chi connectivity index (χ3n) is 3.95. The van der Waals surface area contributed by atoms with E-state index in [1.165, 1.54) is 12.3 Å². The van der Waals surface area contributed by atoms with Gasteiger partial charge in [0.25, 0.3) is 5.91 Å². The van der Waals surface area contributed by atoms with Gasteiger partial charge >= 0.3 is 5.97 Å². The fraction of sp³-hybridized carbons (Fsp3) is 0.174. The summed E-state index contributed by atoms with van der Waals surface area (Å²) < 4.78 is 5.49. The average Bonchev–Trinajstić information content (AvgIpc) is 2.67. The van der Waals surface area contributed by atoms with E-state index in [1.54, 1.807) is 39.0 Å². The van der Waals surface area contributed by atoms with Crippen LogP contribution in [0.25, 0.3) is 11.1 Å². The third-order valence-corrected chi connectivity index (χ3v) is 4.18. The lowest BCUT2D eigenvalue weighted by molar-refractivity contribution is 0.00708. The summed E-state index contributed by atoms with van der Waals surface area (Å²) in [5.74, 6) is -0.992. The van der Waals surface area contributed by atoms with E-state index in [-0.39, 0.29) is 11.3 Å². The predicted molar refractivity (Wildman–Crippen MR) is 114 cm³/mol. The van der Waals surface area contributed by atoms with Crippen LogP contribution in [0.3, 0.4) is 0 Å². The number of rotatable bonds is 4. The molecule has 3 rings (SSSR count). The summed E-state index contributed by atoms with van der Waals surface area (Å²) in [4.78, 5) is 29.4. The standard InChI is InChI=1S/C23H21ClN2O3/c1-23(2,3)29-22(28)18-10-9-16(15-7-5-4-6-8-15)13-19(18)26-21(27)20-14-17(24)11-12-25-20/h4-14H,1-3H3,(H,26,27). The first-order chi connectivity index (χ1) is 13.7. The van der Waals surface area contributed by atoms with Crippen molar-refractivity contribution in [3.63, 3.8) is 0 Å². The molecule has 1 aromatic heterocycles. The number of esters is 1. The molecule has 6 heteroatoms. The van der Waals surface area contributed by atoms with Gasteiger partial charge in [0, 0.05) is 11.2 Å². The lowest BCUT2D eigenvalue weighted by Crippen LogP contribution is -2.25. The SMILES string of the molecule is CC(C)(C)OC(=O)c1ccc(-c2ccccc2)cc1NC(=O)c1cc(Cl)ccn1. The van der Waals surface area contributed by atoms with Crippen molar-refractivity contribution in [2.75, 3.05) is 5.32 Å². The van der Waals surface area contributed by atoms with Crippen LogP contribution in [-0.2, 0) is 4.74 Å². The summed E-state index contributed by atoms with van der Waals surface area (Å²) in [5, 5.41) is 3.17. The lowest BCUT2D eigenvalue weighted by atomic mass is 10.0. The fourth-order valence-electron chi connectivity index (χ4n) is 2.68. The number of aromatic nitrogens is 1. The molecule has 2 aromatic carbocycles. The molecule has 0 aliphatic carbocycles. The Morgan fingerprint density at radius 2 is 1.69 bits per heavy atom. The maximum absolute atomic E-state index is 12.7. The van der Waals surface area contributed by atoms with Crippen molar-refractivity contribution in [1.82, 2.24) is 4.98 Å². The second-order valence-electron chi connectivity index (χ2n) is 7.44. The number of hydrogen-bond acceptors (Lipinski definition) is 4. The van der Waals surface area contributed by atoms with Crippen LogP contribution in [0.15, 0.2) is 66.9 Å². The Morgan fingerprint density at radius 3 is 2.34 bits per heavy atom. The van der Waals surface area contributed by atoms with E-state index in [0.29, 0.717) is 10.7 Å². The van der Waals surface area contributed by atoms with Crippen molar-refractivity contribution in [2.24, 2.45) is 0 Å². The number of benzene rings is 2. The van der Waals surface area contributed by atoms with Gasteiger partial charge in [-0.2, -0.15) is 0 Å². The number of amides is 1. The molecule has 29 heavy (non-hydrogen) atoms. The molecule has 5 nitrogen and oxygen atoms in total. The number of carbonyl (C=O) groups excluding carboxylic acids is 2. The molecule has 0 bridgehead atoms. The molecule has 0 saturated heterocycles. The molecule has 1 amide bonds. The minimum Gasteiger partial charge on any atom is -0.456 e. The Balaban J connectivity index is 2.00. The van der Waals surface area contributed by atoms with E-state index in [1.807, 2.05) is 36.4 Å². The number of nitrogens with zero attached hydrogens (tertiary/aromatic N) is 1. The Labute approximate surface area is 174 Å². The molecule has 3 aromatic rings. The van der Waals surface area contributed by atoms with Gasteiger partial charge in [-0.1, -0.05) is 48.0 Å². The van der Waals surface area contributed by atoms with Crippen LogP contribution in [0.1, 0.15) is 41.6 Å². The van der Waals surface area contributed by atoms with Gasteiger partial charge in [0.1, 0.15) is 11.3 Å². The first-order valence-electron chi connectivity index (χ1n) is 9.09. The number of ether oxygens (including phenoxy) is 1. The summed E-state index contributed by atoms with van der Waals surface area (Å²) in [5.41, 5.74) is 1.90. The van der Waals surface area contributed by atoms with Crippen molar-refractivity contribution in [1.29, 1.82) is 0 Å². The number of hydrogen-bond donors (Lipinski definition) is 1. The number of carbonyl (C=O) groups is 2. The maximum Gasteiger partial charge on any atom is 0.340 e. The number of halogens is 1. The second kappa shape index (κ2) is 8.45. The van der Waals surface area contributed by atoms with E-state index in [2.05, 4.69) is 10.3 Å². The lowest BCUT2D eigenvalue weighted by Gasteiger charge is -2.21. The second-order valence-corrected chi connectivity index (χ2v) is 7.88. The van der Waals surface area contributed by atoms with Gasteiger partial charge in [0.2, 0.25) is 0 Å². The molecule has 0 saturated carbocycles. The minimum absolute atomic E-state index is 0.151. The molecule has 0 aliphatic rings. The zero-order chi connectivity index (χ0) is 21.0. The largest absolute Gasteiger partial charge is 0.456 e. The molecule has 1 heterocycles. The number of nitrogens with one attached hydrogen (secondary N) is 1.